The number of aliphatic hydroxyl groups is 1. The predicted molar refractivity (Wildman–Crippen MR) is 76.6 cm³/mol. The standard InChI is InChI=1S/C14H19NO5S/c16-13-4-2-1-3-11(13)9-15-21(19,20)12-7-5-10(6-8-12)14(17)18/h5-8,11,13,15-16H,1-4,9H2,(H,17,18). The van der Waals surface area contributed by atoms with Gasteiger partial charge in [0.25, 0.3) is 0 Å². The fourth-order valence-corrected chi connectivity index (χ4v) is 3.60. The van der Waals surface area contributed by atoms with E-state index < -0.39 is 22.1 Å². The van der Waals surface area contributed by atoms with Gasteiger partial charge in [-0.05, 0) is 43.0 Å². The molecule has 0 radical (unpaired) electrons. The monoisotopic (exact) mass is 313 g/mol. The Balaban J connectivity index is 2.02. The van der Waals surface area contributed by atoms with Crippen molar-refractivity contribution in [3.63, 3.8) is 0 Å². The second-order valence-corrected chi connectivity index (χ2v) is 7.06. The summed E-state index contributed by atoms with van der Waals surface area (Å²) in [5.41, 5.74) is 0.0386. The first-order chi connectivity index (χ1) is 9.90. The van der Waals surface area contributed by atoms with Crippen LogP contribution >= 0.6 is 0 Å². The largest absolute Gasteiger partial charge is 0.478 e. The van der Waals surface area contributed by atoms with Gasteiger partial charge in [0, 0.05) is 6.54 Å². The molecule has 1 aliphatic carbocycles. The molecule has 7 heteroatoms. The van der Waals surface area contributed by atoms with E-state index in [2.05, 4.69) is 4.72 Å². The summed E-state index contributed by atoms with van der Waals surface area (Å²) in [4.78, 5) is 10.8. The molecule has 0 bridgehead atoms. The third kappa shape index (κ3) is 4.03. The van der Waals surface area contributed by atoms with Crippen LogP contribution in [-0.2, 0) is 10.0 Å². The molecular weight excluding hydrogens is 294 g/mol. The summed E-state index contributed by atoms with van der Waals surface area (Å²) in [5.74, 6) is -1.16. The average molecular weight is 313 g/mol. The van der Waals surface area contributed by atoms with Crippen LogP contribution in [0.1, 0.15) is 36.0 Å². The van der Waals surface area contributed by atoms with Gasteiger partial charge in [-0.15, -0.1) is 0 Å². The maximum absolute atomic E-state index is 12.1. The normalized spacial score (nSPS) is 22.9. The van der Waals surface area contributed by atoms with E-state index in [1.54, 1.807) is 0 Å². The van der Waals surface area contributed by atoms with Crippen molar-refractivity contribution < 1.29 is 23.4 Å². The maximum Gasteiger partial charge on any atom is 0.335 e. The van der Waals surface area contributed by atoms with Crippen molar-refractivity contribution in [2.75, 3.05) is 6.54 Å². The minimum atomic E-state index is -3.68. The summed E-state index contributed by atoms with van der Waals surface area (Å²) in [7, 11) is -3.68. The molecule has 0 aliphatic heterocycles. The van der Waals surface area contributed by atoms with Crippen LogP contribution in [0.2, 0.25) is 0 Å². The number of benzene rings is 1. The van der Waals surface area contributed by atoms with Crippen LogP contribution in [0.4, 0.5) is 0 Å². The molecule has 0 aromatic heterocycles. The molecule has 2 rings (SSSR count). The maximum atomic E-state index is 12.1. The third-order valence-electron chi connectivity index (χ3n) is 3.82. The lowest BCUT2D eigenvalue weighted by Crippen LogP contribution is -2.36. The second-order valence-electron chi connectivity index (χ2n) is 5.29. The van der Waals surface area contributed by atoms with Crippen molar-refractivity contribution in [2.24, 2.45) is 5.92 Å². The Morgan fingerprint density at radius 2 is 1.81 bits per heavy atom. The molecule has 6 nitrogen and oxygen atoms in total. The molecule has 1 saturated carbocycles. The molecular formula is C14H19NO5S. The van der Waals surface area contributed by atoms with Gasteiger partial charge in [-0.1, -0.05) is 12.8 Å². The van der Waals surface area contributed by atoms with Gasteiger partial charge < -0.3 is 10.2 Å². The number of rotatable bonds is 5. The second kappa shape index (κ2) is 6.55. The average Bonchev–Trinajstić information content (AvgIpc) is 2.46. The van der Waals surface area contributed by atoms with Crippen LogP contribution < -0.4 is 4.72 Å². The van der Waals surface area contributed by atoms with Gasteiger partial charge in [0.1, 0.15) is 0 Å². The summed E-state index contributed by atoms with van der Waals surface area (Å²) in [6.45, 7) is 0.199. The SMILES string of the molecule is O=C(O)c1ccc(S(=O)(=O)NCC2CCCCC2O)cc1. The molecule has 0 saturated heterocycles. The topological polar surface area (TPSA) is 104 Å². The number of carboxylic acids is 1. The molecule has 1 aromatic carbocycles. The Morgan fingerprint density at radius 1 is 1.19 bits per heavy atom. The minimum Gasteiger partial charge on any atom is -0.478 e. The lowest BCUT2D eigenvalue weighted by Gasteiger charge is -2.27. The molecule has 1 aromatic rings. The predicted octanol–water partition coefficient (Wildman–Crippen LogP) is 1.21. The highest BCUT2D eigenvalue weighted by Gasteiger charge is 2.25. The third-order valence-corrected chi connectivity index (χ3v) is 5.26. The molecule has 1 fully saturated rings. The molecule has 0 spiro atoms. The van der Waals surface area contributed by atoms with Crippen molar-refractivity contribution in [3.05, 3.63) is 29.8 Å². The quantitative estimate of drug-likeness (QED) is 0.758. The number of nitrogens with one attached hydrogen (secondary N) is 1. The smallest absolute Gasteiger partial charge is 0.335 e. The van der Waals surface area contributed by atoms with Crippen LogP contribution in [0.25, 0.3) is 0 Å². The summed E-state index contributed by atoms with van der Waals surface area (Å²) in [6.07, 6.45) is 3.02. The number of hydrogen-bond acceptors (Lipinski definition) is 4. The highest BCUT2D eigenvalue weighted by atomic mass is 32.2. The van der Waals surface area contributed by atoms with E-state index in [0.29, 0.717) is 6.42 Å². The van der Waals surface area contributed by atoms with Crippen molar-refractivity contribution in [1.82, 2.24) is 4.72 Å². The highest BCUT2D eigenvalue weighted by Crippen LogP contribution is 2.24. The van der Waals surface area contributed by atoms with E-state index in [1.807, 2.05) is 0 Å². The van der Waals surface area contributed by atoms with Gasteiger partial charge in [-0.25, -0.2) is 17.9 Å². The van der Waals surface area contributed by atoms with Crippen molar-refractivity contribution in [1.29, 1.82) is 0 Å². The molecule has 0 heterocycles. The molecule has 3 N–H and O–H groups in total. The summed E-state index contributed by atoms with van der Waals surface area (Å²) in [5, 5.41) is 18.6. The number of hydrogen-bond donors (Lipinski definition) is 3. The summed E-state index contributed by atoms with van der Waals surface area (Å²) < 4.78 is 26.7. The lowest BCUT2D eigenvalue weighted by atomic mass is 9.87. The Kier molecular flexibility index (Phi) is 4.97. The van der Waals surface area contributed by atoms with Crippen LogP contribution in [0.5, 0.6) is 0 Å². The molecule has 116 valence electrons. The fraction of sp³-hybridized carbons (Fsp3) is 0.500. The lowest BCUT2D eigenvalue weighted by molar-refractivity contribution is 0.0695. The van der Waals surface area contributed by atoms with Gasteiger partial charge in [0.15, 0.2) is 0 Å². The summed E-state index contributed by atoms with van der Waals surface area (Å²) in [6, 6.07) is 5.05. The number of carboxylic acid groups (broad SMARTS) is 1. The van der Waals surface area contributed by atoms with Crippen LogP contribution in [0, 0.1) is 5.92 Å². The zero-order valence-corrected chi connectivity index (χ0v) is 12.3. The Labute approximate surface area is 123 Å². The van der Waals surface area contributed by atoms with Crippen LogP contribution in [-0.4, -0.2) is 37.2 Å². The zero-order chi connectivity index (χ0) is 15.5. The van der Waals surface area contributed by atoms with Gasteiger partial charge in [-0.2, -0.15) is 0 Å². The van der Waals surface area contributed by atoms with E-state index >= 15 is 0 Å². The summed E-state index contributed by atoms with van der Waals surface area (Å²) >= 11 is 0. The molecule has 2 unspecified atom stereocenters. The van der Waals surface area contributed by atoms with E-state index in [9.17, 15) is 18.3 Å². The first kappa shape index (κ1) is 15.9. The van der Waals surface area contributed by atoms with Crippen molar-refractivity contribution >= 4 is 16.0 Å². The first-order valence-electron chi connectivity index (χ1n) is 6.91. The van der Waals surface area contributed by atoms with Crippen molar-refractivity contribution in [3.8, 4) is 0 Å². The van der Waals surface area contributed by atoms with Crippen LogP contribution in [0.3, 0.4) is 0 Å². The Bertz CT molecular complexity index is 596. The molecule has 0 amide bonds. The molecule has 21 heavy (non-hydrogen) atoms. The van der Waals surface area contributed by atoms with Crippen molar-refractivity contribution in [2.45, 2.75) is 36.7 Å². The van der Waals surface area contributed by atoms with Gasteiger partial charge in [0.2, 0.25) is 10.0 Å². The van der Waals surface area contributed by atoms with E-state index in [4.69, 9.17) is 5.11 Å². The van der Waals surface area contributed by atoms with Gasteiger partial charge >= 0.3 is 5.97 Å². The Morgan fingerprint density at radius 3 is 2.38 bits per heavy atom. The highest BCUT2D eigenvalue weighted by molar-refractivity contribution is 7.89. The number of carbonyl (C=O) groups is 1. The number of aromatic carboxylic acids is 1. The number of aliphatic hydroxyl groups excluding tert-OH is 1. The van der Waals surface area contributed by atoms with E-state index in [1.165, 1.54) is 24.3 Å². The molecule has 2 atom stereocenters. The number of sulfonamides is 1. The van der Waals surface area contributed by atoms with Gasteiger partial charge in [-0.3, -0.25) is 0 Å². The Hall–Kier alpha value is -1.44. The minimum absolute atomic E-state index is 0.0257. The van der Waals surface area contributed by atoms with E-state index in [-0.39, 0.29) is 22.9 Å². The molecule has 1 aliphatic rings. The van der Waals surface area contributed by atoms with Gasteiger partial charge in [0.05, 0.1) is 16.6 Å². The van der Waals surface area contributed by atoms with E-state index in [0.717, 1.165) is 19.3 Å². The fourth-order valence-electron chi connectivity index (χ4n) is 2.50. The van der Waals surface area contributed by atoms with Crippen LogP contribution in [0.15, 0.2) is 29.2 Å². The zero-order valence-electron chi connectivity index (χ0n) is 11.5. The first-order valence-corrected chi connectivity index (χ1v) is 8.39.